The van der Waals surface area contributed by atoms with E-state index < -0.39 is 0 Å². The summed E-state index contributed by atoms with van der Waals surface area (Å²) in [5.74, 6) is 0.812. The minimum atomic E-state index is -0.237. The molecule has 4 heteroatoms. The van der Waals surface area contributed by atoms with Gasteiger partial charge in [0.05, 0.1) is 25.0 Å². The van der Waals surface area contributed by atoms with Crippen LogP contribution in [0, 0.1) is 6.92 Å². The van der Waals surface area contributed by atoms with Crippen molar-refractivity contribution in [2.45, 2.75) is 45.8 Å². The minimum absolute atomic E-state index is 0.237. The molecule has 0 unspecified atom stereocenters. The number of hydrogen-bond acceptors (Lipinski definition) is 4. The molecule has 102 valence electrons. The summed E-state index contributed by atoms with van der Waals surface area (Å²) in [6, 6.07) is 3.80. The van der Waals surface area contributed by atoms with Crippen molar-refractivity contribution in [1.82, 2.24) is 4.98 Å². The average molecular weight is 252 g/mol. The van der Waals surface area contributed by atoms with Gasteiger partial charge in [-0.05, 0) is 19.8 Å². The molecule has 18 heavy (non-hydrogen) atoms. The van der Waals surface area contributed by atoms with Crippen molar-refractivity contribution in [1.29, 1.82) is 0 Å². The van der Waals surface area contributed by atoms with Crippen molar-refractivity contribution in [2.24, 2.45) is 5.73 Å². The van der Waals surface area contributed by atoms with Crippen LogP contribution in [0.3, 0.4) is 0 Å². The van der Waals surface area contributed by atoms with Crippen molar-refractivity contribution in [2.75, 3.05) is 13.7 Å². The Morgan fingerprint density at radius 1 is 1.28 bits per heavy atom. The molecule has 0 atom stereocenters. The van der Waals surface area contributed by atoms with Gasteiger partial charge in [0.2, 0.25) is 0 Å². The molecule has 0 aliphatic heterocycles. The molecule has 1 heterocycles. The van der Waals surface area contributed by atoms with Crippen LogP contribution in [0.25, 0.3) is 0 Å². The van der Waals surface area contributed by atoms with Crippen LogP contribution in [0.2, 0.25) is 0 Å². The number of nitrogens with zero attached hydrogens (tertiary/aromatic N) is 1. The number of methoxy groups -OCH3 is 1. The number of hydrogen-bond donors (Lipinski definition) is 1. The number of aromatic nitrogens is 1. The van der Waals surface area contributed by atoms with E-state index in [2.05, 4.69) is 18.8 Å². The molecule has 0 aromatic carbocycles. The van der Waals surface area contributed by atoms with Gasteiger partial charge in [0.15, 0.2) is 0 Å². The first-order valence-electron chi connectivity index (χ1n) is 6.44. The average Bonchev–Trinajstić information content (AvgIpc) is 2.40. The molecular weight excluding hydrogens is 228 g/mol. The molecule has 1 aromatic rings. The van der Waals surface area contributed by atoms with Crippen LogP contribution in [0.15, 0.2) is 12.1 Å². The van der Waals surface area contributed by atoms with Crippen LogP contribution in [0.4, 0.5) is 0 Å². The lowest BCUT2D eigenvalue weighted by Gasteiger charge is -2.30. The van der Waals surface area contributed by atoms with Crippen LogP contribution >= 0.6 is 0 Å². The fraction of sp³-hybridized carbons (Fsp3) is 0.643. The fourth-order valence-corrected chi connectivity index (χ4v) is 1.92. The first kappa shape index (κ1) is 14.9. The molecule has 2 N–H and O–H groups in total. The van der Waals surface area contributed by atoms with E-state index in [1.165, 1.54) is 0 Å². The Morgan fingerprint density at radius 3 is 2.44 bits per heavy atom. The maximum Gasteiger partial charge on any atom is 0.122 e. The van der Waals surface area contributed by atoms with E-state index in [4.69, 9.17) is 15.2 Å². The van der Waals surface area contributed by atoms with Gasteiger partial charge in [0.25, 0.3) is 0 Å². The Kier molecular flexibility index (Phi) is 5.56. The summed E-state index contributed by atoms with van der Waals surface area (Å²) in [6.07, 6.45) is 1.81. The second-order valence-electron chi connectivity index (χ2n) is 4.52. The SMILES string of the molecule is CCC(CC)(CN)OCc1cc(OC)cc(C)n1. The van der Waals surface area contributed by atoms with Gasteiger partial charge in [-0.3, -0.25) is 4.98 Å². The van der Waals surface area contributed by atoms with E-state index in [0.29, 0.717) is 13.2 Å². The van der Waals surface area contributed by atoms with Crippen molar-refractivity contribution in [3.8, 4) is 5.75 Å². The van der Waals surface area contributed by atoms with Gasteiger partial charge >= 0.3 is 0 Å². The number of rotatable bonds is 7. The molecule has 0 radical (unpaired) electrons. The number of pyridine rings is 1. The van der Waals surface area contributed by atoms with E-state index in [1.807, 2.05) is 19.1 Å². The Labute approximate surface area is 110 Å². The molecule has 1 aromatic heterocycles. The third-order valence-electron chi connectivity index (χ3n) is 3.40. The van der Waals surface area contributed by atoms with Crippen molar-refractivity contribution in [3.63, 3.8) is 0 Å². The monoisotopic (exact) mass is 252 g/mol. The minimum Gasteiger partial charge on any atom is -0.497 e. The third kappa shape index (κ3) is 3.68. The molecule has 1 rings (SSSR count). The predicted molar refractivity (Wildman–Crippen MR) is 72.7 cm³/mol. The third-order valence-corrected chi connectivity index (χ3v) is 3.40. The van der Waals surface area contributed by atoms with Gasteiger partial charge in [-0.15, -0.1) is 0 Å². The predicted octanol–water partition coefficient (Wildman–Crippen LogP) is 2.43. The van der Waals surface area contributed by atoms with Gasteiger partial charge in [-0.25, -0.2) is 0 Å². The molecule has 4 nitrogen and oxygen atoms in total. The zero-order valence-corrected chi connectivity index (χ0v) is 11.8. The van der Waals surface area contributed by atoms with Crippen molar-refractivity contribution >= 4 is 0 Å². The topological polar surface area (TPSA) is 57.4 Å². The van der Waals surface area contributed by atoms with E-state index in [0.717, 1.165) is 30.0 Å². The highest BCUT2D eigenvalue weighted by Crippen LogP contribution is 2.22. The summed E-state index contributed by atoms with van der Waals surface area (Å²) >= 11 is 0. The summed E-state index contributed by atoms with van der Waals surface area (Å²) in [5, 5.41) is 0. The Morgan fingerprint density at radius 2 is 1.94 bits per heavy atom. The summed E-state index contributed by atoms with van der Waals surface area (Å²) in [7, 11) is 1.65. The van der Waals surface area contributed by atoms with Crippen LogP contribution < -0.4 is 10.5 Å². The fourth-order valence-electron chi connectivity index (χ4n) is 1.92. The summed E-state index contributed by atoms with van der Waals surface area (Å²) in [6.45, 7) is 7.14. The second-order valence-corrected chi connectivity index (χ2v) is 4.52. The molecule has 0 saturated heterocycles. The maximum atomic E-state index is 5.97. The summed E-state index contributed by atoms with van der Waals surface area (Å²) in [5.41, 5.74) is 7.38. The van der Waals surface area contributed by atoms with Gasteiger partial charge in [0.1, 0.15) is 5.75 Å². The number of ether oxygens (including phenoxy) is 2. The van der Waals surface area contributed by atoms with Crippen molar-refractivity contribution < 1.29 is 9.47 Å². The molecule has 0 amide bonds. The van der Waals surface area contributed by atoms with Crippen LogP contribution in [0.5, 0.6) is 5.75 Å². The Balaban J connectivity index is 2.76. The first-order chi connectivity index (χ1) is 8.59. The van der Waals surface area contributed by atoms with Gasteiger partial charge in [-0.2, -0.15) is 0 Å². The molecular formula is C14H24N2O2. The quantitative estimate of drug-likeness (QED) is 0.809. The van der Waals surface area contributed by atoms with E-state index in [9.17, 15) is 0 Å². The molecule has 0 bridgehead atoms. The highest BCUT2D eigenvalue weighted by Gasteiger charge is 2.25. The standard InChI is InChI=1S/C14H24N2O2/c1-5-14(6-2,10-15)18-9-12-8-13(17-4)7-11(3)16-12/h7-8H,5-6,9-10,15H2,1-4H3. The second kappa shape index (κ2) is 6.71. The van der Waals surface area contributed by atoms with Crippen LogP contribution in [-0.4, -0.2) is 24.2 Å². The zero-order chi connectivity index (χ0) is 13.6. The highest BCUT2D eigenvalue weighted by atomic mass is 16.5. The molecule has 0 aliphatic rings. The summed E-state index contributed by atoms with van der Waals surface area (Å²) in [4.78, 5) is 4.44. The van der Waals surface area contributed by atoms with E-state index in [-0.39, 0.29) is 5.60 Å². The molecule has 0 fully saturated rings. The molecule has 0 spiro atoms. The Hall–Kier alpha value is -1.13. The number of aryl methyl sites for hydroxylation is 1. The lowest BCUT2D eigenvalue weighted by Crippen LogP contribution is -2.39. The number of nitrogens with two attached hydrogens (primary N) is 1. The van der Waals surface area contributed by atoms with E-state index >= 15 is 0 Å². The highest BCUT2D eigenvalue weighted by molar-refractivity contribution is 5.26. The van der Waals surface area contributed by atoms with Crippen LogP contribution in [-0.2, 0) is 11.3 Å². The smallest absolute Gasteiger partial charge is 0.122 e. The van der Waals surface area contributed by atoms with Crippen molar-refractivity contribution in [3.05, 3.63) is 23.5 Å². The maximum absolute atomic E-state index is 5.97. The Bertz CT molecular complexity index is 368. The lowest BCUT2D eigenvalue weighted by atomic mass is 9.97. The molecule has 0 aliphatic carbocycles. The van der Waals surface area contributed by atoms with Gasteiger partial charge in [-0.1, -0.05) is 13.8 Å². The normalized spacial score (nSPS) is 11.6. The zero-order valence-electron chi connectivity index (χ0n) is 11.8. The van der Waals surface area contributed by atoms with E-state index in [1.54, 1.807) is 7.11 Å². The van der Waals surface area contributed by atoms with Gasteiger partial charge < -0.3 is 15.2 Å². The summed E-state index contributed by atoms with van der Waals surface area (Å²) < 4.78 is 11.2. The van der Waals surface area contributed by atoms with Gasteiger partial charge in [0, 0.05) is 24.4 Å². The largest absolute Gasteiger partial charge is 0.497 e. The molecule has 0 saturated carbocycles. The first-order valence-corrected chi connectivity index (χ1v) is 6.44. The lowest BCUT2D eigenvalue weighted by molar-refractivity contribution is -0.0566. The van der Waals surface area contributed by atoms with Crippen LogP contribution in [0.1, 0.15) is 38.1 Å².